The summed E-state index contributed by atoms with van der Waals surface area (Å²) in [5.41, 5.74) is 0. The summed E-state index contributed by atoms with van der Waals surface area (Å²) < 4.78 is 20.6. The van der Waals surface area contributed by atoms with Crippen LogP contribution in [0.1, 0.15) is 32.1 Å². The van der Waals surface area contributed by atoms with E-state index in [0.717, 1.165) is 24.2 Å². The molecule has 23 heavy (non-hydrogen) atoms. The molecule has 8 nitrogen and oxygen atoms in total. The third kappa shape index (κ3) is 13.0. The summed E-state index contributed by atoms with van der Waals surface area (Å²) >= 11 is 0. The van der Waals surface area contributed by atoms with Crippen molar-refractivity contribution in [2.75, 3.05) is 33.5 Å². The van der Waals surface area contributed by atoms with Crippen molar-refractivity contribution in [1.82, 2.24) is 5.06 Å². The Kier molecular flexibility index (Phi) is 11.6. The molecule has 1 amide bonds. The van der Waals surface area contributed by atoms with Crippen LogP contribution in [-0.4, -0.2) is 55.4 Å². The molecule has 0 aromatic rings. The maximum absolute atomic E-state index is 11.5. The van der Waals surface area contributed by atoms with Crippen molar-refractivity contribution < 1.29 is 33.1 Å². The number of hydroxylamine groups is 2. The summed E-state index contributed by atoms with van der Waals surface area (Å²) in [6.45, 7) is 5.28. The smallest absolute Gasteiger partial charge is 0.325 e. The van der Waals surface area contributed by atoms with Crippen molar-refractivity contribution >= 4 is 19.5 Å². The molecule has 0 saturated heterocycles. The number of unbranched alkanes of at least 4 members (excludes halogenated alkanes) is 2. The molecular weight excluding hydrogens is 325 g/mol. The lowest BCUT2D eigenvalue weighted by Gasteiger charge is -2.17. The van der Waals surface area contributed by atoms with E-state index >= 15 is 0 Å². The third-order valence-electron chi connectivity index (χ3n) is 2.77. The van der Waals surface area contributed by atoms with E-state index in [9.17, 15) is 14.2 Å². The quantitative estimate of drug-likeness (QED) is 0.178. The van der Waals surface area contributed by atoms with Crippen LogP contribution in [-0.2, 0) is 28.3 Å². The van der Waals surface area contributed by atoms with Gasteiger partial charge in [-0.15, -0.1) is 0 Å². The van der Waals surface area contributed by atoms with Crippen LogP contribution in [0.25, 0.3) is 0 Å². The molecule has 134 valence electrons. The number of hydrogen-bond donors (Lipinski definition) is 1. The number of amides is 1. The van der Waals surface area contributed by atoms with Crippen LogP contribution in [0.5, 0.6) is 0 Å². The minimum Gasteiger partial charge on any atom is -0.466 e. The fourth-order valence-electron chi connectivity index (χ4n) is 1.63. The van der Waals surface area contributed by atoms with E-state index < -0.39 is 7.60 Å². The number of hydrogen-bond acceptors (Lipinski definition) is 6. The van der Waals surface area contributed by atoms with Gasteiger partial charge in [-0.2, -0.15) is 0 Å². The standard InChI is InChI=1S/C14H26NO7P/c1-4-13(16)15(20-2)10-8-9-14(17)21-11-6-5-7-12-22-23(3,18)19/h4H,1,5-12H2,2-3H3,(H,18,19). The summed E-state index contributed by atoms with van der Waals surface area (Å²) in [6, 6.07) is 0. The minimum atomic E-state index is -3.40. The highest BCUT2D eigenvalue weighted by atomic mass is 31.2. The van der Waals surface area contributed by atoms with E-state index in [1.54, 1.807) is 0 Å². The van der Waals surface area contributed by atoms with Crippen molar-refractivity contribution in [1.29, 1.82) is 0 Å². The summed E-state index contributed by atoms with van der Waals surface area (Å²) in [5.74, 6) is -0.695. The number of nitrogens with zero attached hydrogens (tertiary/aromatic N) is 1. The van der Waals surface area contributed by atoms with Crippen LogP contribution < -0.4 is 0 Å². The van der Waals surface area contributed by atoms with Crippen molar-refractivity contribution in [2.24, 2.45) is 0 Å². The maximum Gasteiger partial charge on any atom is 0.325 e. The third-order valence-corrected chi connectivity index (χ3v) is 3.43. The minimum absolute atomic E-state index is 0.191. The molecule has 0 aromatic heterocycles. The molecule has 1 N–H and O–H groups in total. The zero-order valence-corrected chi connectivity index (χ0v) is 14.6. The summed E-state index contributed by atoms with van der Waals surface area (Å²) in [5, 5.41) is 1.12. The Hall–Kier alpha value is -1.21. The van der Waals surface area contributed by atoms with Gasteiger partial charge in [0.05, 0.1) is 20.3 Å². The number of carbonyl (C=O) groups is 2. The number of esters is 1. The van der Waals surface area contributed by atoms with Crippen LogP contribution in [0.2, 0.25) is 0 Å². The van der Waals surface area contributed by atoms with Gasteiger partial charge in [0.15, 0.2) is 0 Å². The van der Waals surface area contributed by atoms with Crippen LogP contribution in [0.15, 0.2) is 12.7 Å². The zero-order valence-electron chi connectivity index (χ0n) is 13.7. The molecule has 0 radical (unpaired) electrons. The molecule has 0 saturated carbocycles. The van der Waals surface area contributed by atoms with Crippen LogP contribution in [0.4, 0.5) is 0 Å². The molecule has 0 spiro atoms. The molecule has 0 bridgehead atoms. The van der Waals surface area contributed by atoms with Crippen molar-refractivity contribution in [2.45, 2.75) is 32.1 Å². The van der Waals surface area contributed by atoms with E-state index in [0.29, 0.717) is 25.9 Å². The number of rotatable bonds is 13. The van der Waals surface area contributed by atoms with Gasteiger partial charge in [0.1, 0.15) is 0 Å². The van der Waals surface area contributed by atoms with E-state index in [2.05, 4.69) is 6.58 Å². The largest absolute Gasteiger partial charge is 0.466 e. The Labute approximate surface area is 136 Å². The Morgan fingerprint density at radius 1 is 1.22 bits per heavy atom. The highest BCUT2D eigenvalue weighted by Gasteiger charge is 2.11. The first-order valence-electron chi connectivity index (χ1n) is 7.38. The van der Waals surface area contributed by atoms with E-state index in [4.69, 9.17) is 19.0 Å². The highest BCUT2D eigenvalue weighted by Crippen LogP contribution is 2.36. The van der Waals surface area contributed by atoms with Gasteiger partial charge in [0.2, 0.25) is 0 Å². The highest BCUT2D eigenvalue weighted by molar-refractivity contribution is 7.51. The normalized spacial score (nSPS) is 13.2. The Morgan fingerprint density at radius 2 is 1.87 bits per heavy atom. The van der Waals surface area contributed by atoms with E-state index in [1.165, 1.54) is 7.11 Å². The Bertz CT molecular complexity index is 421. The molecule has 0 heterocycles. The van der Waals surface area contributed by atoms with Crippen LogP contribution in [0.3, 0.4) is 0 Å². The molecule has 0 aromatic carbocycles. The fraction of sp³-hybridized carbons (Fsp3) is 0.714. The van der Waals surface area contributed by atoms with Gasteiger partial charge in [-0.3, -0.25) is 19.0 Å². The second-order valence-electron chi connectivity index (χ2n) is 4.85. The monoisotopic (exact) mass is 351 g/mol. The predicted octanol–water partition coefficient (Wildman–Crippen LogP) is 1.89. The van der Waals surface area contributed by atoms with E-state index in [1.807, 2.05) is 0 Å². The number of carbonyl (C=O) groups excluding carboxylic acids is 2. The van der Waals surface area contributed by atoms with Gasteiger partial charge in [-0.25, -0.2) is 5.06 Å². The second-order valence-corrected chi connectivity index (χ2v) is 6.71. The summed E-state index contributed by atoms with van der Waals surface area (Å²) in [7, 11) is -2.03. The molecule has 0 fully saturated rings. The van der Waals surface area contributed by atoms with Crippen molar-refractivity contribution in [3.05, 3.63) is 12.7 Å². The second kappa shape index (κ2) is 12.2. The maximum atomic E-state index is 11.5. The zero-order chi connectivity index (χ0) is 17.7. The first kappa shape index (κ1) is 21.8. The van der Waals surface area contributed by atoms with Gasteiger partial charge in [-0.05, 0) is 31.8 Å². The average molecular weight is 351 g/mol. The molecule has 0 aliphatic heterocycles. The average Bonchev–Trinajstić information content (AvgIpc) is 2.48. The predicted molar refractivity (Wildman–Crippen MR) is 84.7 cm³/mol. The van der Waals surface area contributed by atoms with Gasteiger partial charge in [0.25, 0.3) is 5.91 Å². The lowest BCUT2D eigenvalue weighted by atomic mass is 10.2. The molecule has 0 aliphatic rings. The van der Waals surface area contributed by atoms with Crippen molar-refractivity contribution in [3.8, 4) is 0 Å². The summed E-state index contributed by atoms with van der Waals surface area (Å²) in [4.78, 5) is 36.6. The lowest BCUT2D eigenvalue weighted by Crippen LogP contribution is -2.29. The molecule has 1 unspecified atom stereocenters. The lowest BCUT2D eigenvalue weighted by molar-refractivity contribution is -0.171. The van der Waals surface area contributed by atoms with Gasteiger partial charge in [-0.1, -0.05) is 6.58 Å². The first-order valence-corrected chi connectivity index (χ1v) is 9.41. The van der Waals surface area contributed by atoms with Gasteiger partial charge < -0.3 is 14.2 Å². The fourth-order valence-corrected chi connectivity index (χ4v) is 2.10. The molecular formula is C14H26NO7P. The number of ether oxygens (including phenoxy) is 1. The summed E-state index contributed by atoms with van der Waals surface area (Å²) in [6.07, 6.45) is 3.79. The SMILES string of the molecule is C=CC(=O)N(CCCC(=O)OCCCCCOP(C)(=O)O)OC. The molecule has 0 rings (SSSR count). The van der Waals surface area contributed by atoms with Crippen LogP contribution in [0, 0.1) is 0 Å². The van der Waals surface area contributed by atoms with Gasteiger partial charge in [0, 0.05) is 19.6 Å². The van der Waals surface area contributed by atoms with Crippen molar-refractivity contribution in [3.63, 3.8) is 0 Å². The molecule has 9 heteroatoms. The van der Waals surface area contributed by atoms with Crippen LogP contribution >= 0.6 is 7.60 Å². The Morgan fingerprint density at radius 3 is 2.43 bits per heavy atom. The first-order chi connectivity index (χ1) is 10.8. The molecule has 1 atom stereocenters. The van der Waals surface area contributed by atoms with Gasteiger partial charge >= 0.3 is 13.6 Å². The van der Waals surface area contributed by atoms with E-state index in [-0.39, 0.29) is 31.4 Å². The Balaban J connectivity index is 3.59. The topological polar surface area (TPSA) is 102 Å². The molecule has 0 aliphatic carbocycles.